The van der Waals surface area contributed by atoms with E-state index in [4.69, 9.17) is 15.2 Å². The monoisotopic (exact) mass is 257 g/mol. The summed E-state index contributed by atoms with van der Waals surface area (Å²) in [7, 11) is 3.29. The van der Waals surface area contributed by atoms with Crippen LogP contribution in [0.15, 0.2) is 48.5 Å². The zero-order valence-corrected chi connectivity index (χ0v) is 11.5. The fourth-order valence-electron chi connectivity index (χ4n) is 2.16. The molecule has 2 N–H and O–H groups in total. The van der Waals surface area contributed by atoms with E-state index in [1.54, 1.807) is 14.2 Å². The van der Waals surface area contributed by atoms with Gasteiger partial charge in [-0.05, 0) is 30.7 Å². The van der Waals surface area contributed by atoms with Crippen LogP contribution in [0.3, 0.4) is 0 Å². The molecule has 0 aromatic heterocycles. The normalized spacial score (nSPS) is 13.7. The van der Waals surface area contributed by atoms with Gasteiger partial charge in [0.05, 0.1) is 19.8 Å². The lowest BCUT2D eigenvalue weighted by molar-refractivity contribution is 0.389. The van der Waals surface area contributed by atoms with Crippen molar-refractivity contribution >= 4 is 0 Å². The highest BCUT2D eigenvalue weighted by molar-refractivity contribution is 5.49. The summed E-state index contributed by atoms with van der Waals surface area (Å²) < 4.78 is 10.7. The summed E-state index contributed by atoms with van der Waals surface area (Å²) in [4.78, 5) is 0. The highest BCUT2D eigenvalue weighted by Gasteiger charge is 2.27. The molecule has 0 saturated heterocycles. The van der Waals surface area contributed by atoms with Gasteiger partial charge in [0.2, 0.25) is 0 Å². The van der Waals surface area contributed by atoms with Crippen LogP contribution >= 0.6 is 0 Å². The average Bonchev–Trinajstić information content (AvgIpc) is 2.47. The summed E-state index contributed by atoms with van der Waals surface area (Å²) in [5.41, 5.74) is 7.82. The molecule has 0 radical (unpaired) electrons. The lowest BCUT2D eigenvalue weighted by atomic mass is 9.85. The first-order valence-electron chi connectivity index (χ1n) is 6.16. The van der Waals surface area contributed by atoms with E-state index in [1.807, 2.05) is 55.5 Å². The molecule has 0 heterocycles. The predicted molar refractivity (Wildman–Crippen MR) is 76.6 cm³/mol. The standard InChI is InChI=1S/C16H19NO2/c1-16(17,12-7-5-4-6-8-12)14-11-13(18-2)9-10-15(14)19-3/h4-11H,17H2,1-3H3. The summed E-state index contributed by atoms with van der Waals surface area (Å²) in [6.07, 6.45) is 0. The second-order valence-electron chi connectivity index (χ2n) is 4.63. The van der Waals surface area contributed by atoms with E-state index in [-0.39, 0.29) is 0 Å². The Kier molecular flexibility index (Phi) is 3.76. The number of methoxy groups -OCH3 is 2. The van der Waals surface area contributed by atoms with Crippen LogP contribution in [0.1, 0.15) is 18.1 Å². The largest absolute Gasteiger partial charge is 0.497 e. The van der Waals surface area contributed by atoms with Gasteiger partial charge in [-0.2, -0.15) is 0 Å². The van der Waals surface area contributed by atoms with Crippen molar-refractivity contribution in [2.24, 2.45) is 5.73 Å². The molecule has 3 nitrogen and oxygen atoms in total. The number of ether oxygens (including phenoxy) is 2. The Bertz CT molecular complexity index is 550. The maximum atomic E-state index is 6.52. The fourth-order valence-corrected chi connectivity index (χ4v) is 2.16. The van der Waals surface area contributed by atoms with Crippen LogP contribution in [-0.4, -0.2) is 14.2 Å². The van der Waals surface area contributed by atoms with Crippen LogP contribution in [0, 0.1) is 0 Å². The molecule has 0 saturated carbocycles. The van der Waals surface area contributed by atoms with E-state index in [2.05, 4.69) is 0 Å². The highest BCUT2D eigenvalue weighted by atomic mass is 16.5. The quantitative estimate of drug-likeness (QED) is 0.916. The zero-order valence-electron chi connectivity index (χ0n) is 11.5. The first-order chi connectivity index (χ1) is 9.09. The van der Waals surface area contributed by atoms with Crippen molar-refractivity contribution in [3.63, 3.8) is 0 Å². The minimum atomic E-state index is -0.638. The van der Waals surface area contributed by atoms with Gasteiger partial charge in [-0.25, -0.2) is 0 Å². The van der Waals surface area contributed by atoms with Gasteiger partial charge in [-0.3, -0.25) is 0 Å². The van der Waals surface area contributed by atoms with Crippen molar-refractivity contribution in [1.82, 2.24) is 0 Å². The number of hydrogen-bond acceptors (Lipinski definition) is 3. The zero-order chi connectivity index (χ0) is 13.9. The SMILES string of the molecule is COc1ccc(OC)c(C(C)(N)c2ccccc2)c1. The molecular formula is C16H19NO2. The molecule has 19 heavy (non-hydrogen) atoms. The molecule has 0 aliphatic carbocycles. The van der Waals surface area contributed by atoms with Crippen LogP contribution in [0.2, 0.25) is 0 Å². The van der Waals surface area contributed by atoms with E-state index in [0.29, 0.717) is 0 Å². The van der Waals surface area contributed by atoms with E-state index >= 15 is 0 Å². The first-order valence-corrected chi connectivity index (χ1v) is 6.16. The van der Waals surface area contributed by atoms with Crippen molar-refractivity contribution in [3.8, 4) is 11.5 Å². The molecule has 0 aliphatic rings. The number of benzene rings is 2. The summed E-state index contributed by atoms with van der Waals surface area (Å²) in [6.45, 7) is 1.97. The van der Waals surface area contributed by atoms with Crippen molar-refractivity contribution < 1.29 is 9.47 Å². The molecule has 0 aliphatic heterocycles. The number of rotatable bonds is 4. The van der Waals surface area contributed by atoms with Gasteiger partial charge in [0.15, 0.2) is 0 Å². The van der Waals surface area contributed by atoms with Gasteiger partial charge in [0.1, 0.15) is 11.5 Å². The van der Waals surface area contributed by atoms with Crippen molar-refractivity contribution in [2.45, 2.75) is 12.5 Å². The highest BCUT2D eigenvalue weighted by Crippen LogP contribution is 2.35. The third kappa shape index (κ3) is 2.56. The van der Waals surface area contributed by atoms with E-state index < -0.39 is 5.54 Å². The molecule has 0 fully saturated rings. The lowest BCUT2D eigenvalue weighted by Crippen LogP contribution is -2.34. The van der Waals surface area contributed by atoms with Crippen molar-refractivity contribution in [1.29, 1.82) is 0 Å². The number of hydrogen-bond donors (Lipinski definition) is 1. The van der Waals surface area contributed by atoms with Gasteiger partial charge < -0.3 is 15.2 Å². The maximum Gasteiger partial charge on any atom is 0.124 e. The summed E-state index contributed by atoms with van der Waals surface area (Å²) in [5, 5.41) is 0. The third-order valence-corrected chi connectivity index (χ3v) is 3.34. The molecule has 1 atom stereocenters. The van der Waals surface area contributed by atoms with Gasteiger partial charge >= 0.3 is 0 Å². The molecule has 2 aromatic carbocycles. The topological polar surface area (TPSA) is 44.5 Å². The molecule has 0 spiro atoms. The number of nitrogens with two attached hydrogens (primary N) is 1. The van der Waals surface area contributed by atoms with Crippen LogP contribution < -0.4 is 15.2 Å². The summed E-state index contributed by atoms with van der Waals surface area (Å²) >= 11 is 0. The third-order valence-electron chi connectivity index (χ3n) is 3.34. The fraction of sp³-hybridized carbons (Fsp3) is 0.250. The lowest BCUT2D eigenvalue weighted by Gasteiger charge is -2.28. The van der Waals surface area contributed by atoms with Crippen molar-refractivity contribution in [3.05, 3.63) is 59.7 Å². The summed E-state index contributed by atoms with van der Waals surface area (Å²) in [5.74, 6) is 1.53. The molecule has 100 valence electrons. The Morgan fingerprint density at radius 1 is 0.947 bits per heavy atom. The predicted octanol–water partition coefficient (Wildman–Crippen LogP) is 2.93. The Morgan fingerprint density at radius 3 is 2.21 bits per heavy atom. The minimum Gasteiger partial charge on any atom is -0.497 e. The van der Waals surface area contributed by atoms with Crippen LogP contribution in [0.5, 0.6) is 11.5 Å². The van der Waals surface area contributed by atoms with E-state index in [1.165, 1.54) is 0 Å². The Balaban J connectivity index is 2.56. The molecule has 3 heteroatoms. The van der Waals surface area contributed by atoms with Gasteiger partial charge in [0.25, 0.3) is 0 Å². The Morgan fingerprint density at radius 2 is 1.63 bits per heavy atom. The second kappa shape index (κ2) is 5.33. The molecule has 1 unspecified atom stereocenters. The second-order valence-corrected chi connectivity index (χ2v) is 4.63. The molecule has 2 rings (SSSR count). The maximum absolute atomic E-state index is 6.52. The van der Waals surface area contributed by atoms with Gasteiger partial charge in [-0.15, -0.1) is 0 Å². The molecule has 0 amide bonds. The molecule has 0 bridgehead atoms. The molecule has 2 aromatic rings. The minimum absolute atomic E-state index is 0.638. The van der Waals surface area contributed by atoms with Crippen LogP contribution in [0.25, 0.3) is 0 Å². The van der Waals surface area contributed by atoms with Crippen LogP contribution in [-0.2, 0) is 5.54 Å². The molecular weight excluding hydrogens is 238 g/mol. The van der Waals surface area contributed by atoms with E-state index in [9.17, 15) is 0 Å². The Labute approximate surface area is 114 Å². The van der Waals surface area contributed by atoms with Gasteiger partial charge in [-0.1, -0.05) is 30.3 Å². The smallest absolute Gasteiger partial charge is 0.124 e. The Hall–Kier alpha value is -2.00. The van der Waals surface area contributed by atoms with Crippen LogP contribution in [0.4, 0.5) is 0 Å². The van der Waals surface area contributed by atoms with Gasteiger partial charge in [0, 0.05) is 5.56 Å². The summed E-state index contributed by atoms with van der Waals surface area (Å²) in [6, 6.07) is 15.6. The van der Waals surface area contributed by atoms with Crippen molar-refractivity contribution in [2.75, 3.05) is 14.2 Å². The van der Waals surface area contributed by atoms with E-state index in [0.717, 1.165) is 22.6 Å². The average molecular weight is 257 g/mol. The first kappa shape index (κ1) is 13.4.